The number of hydrogen-bond acceptors (Lipinski definition) is 2. The summed E-state index contributed by atoms with van der Waals surface area (Å²) < 4.78 is 0. The maximum atomic E-state index is 11.3. The predicted octanol–water partition coefficient (Wildman–Crippen LogP) is 1.64. The molecule has 0 aromatic carbocycles. The first-order valence-corrected chi connectivity index (χ1v) is 6.30. The highest BCUT2D eigenvalue weighted by Crippen LogP contribution is 2.31. The van der Waals surface area contributed by atoms with E-state index in [2.05, 4.69) is 17.6 Å². The molecule has 0 saturated heterocycles. The monoisotopic (exact) mass is 228 g/mol. The van der Waals surface area contributed by atoms with Crippen LogP contribution in [-0.2, 0) is 0 Å². The van der Waals surface area contributed by atoms with Crippen LogP contribution in [0, 0.1) is 5.92 Å². The molecule has 3 N–H and O–H groups in total. The van der Waals surface area contributed by atoms with E-state index in [0.717, 1.165) is 32.1 Å². The first-order valence-electron chi connectivity index (χ1n) is 6.30. The molecule has 2 amide bonds. The Morgan fingerprint density at radius 3 is 2.56 bits per heavy atom. The number of carbonyl (C=O) groups excluding carboxylic acids is 1. The topological polar surface area (TPSA) is 61.4 Å². The maximum absolute atomic E-state index is 11.3. The Morgan fingerprint density at radius 2 is 2.00 bits per heavy atom. The zero-order valence-corrected chi connectivity index (χ0v) is 10.4. The first kappa shape index (κ1) is 13.3. The normalized spacial score (nSPS) is 29.8. The van der Waals surface area contributed by atoms with Crippen molar-refractivity contribution in [2.75, 3.05) is 13.1 Å². The van der Waals surface area contributed by atoms with Gasteiger partial charge < -0.3 is 15.7 Å². The number of amides is 2. The first-order chi connectivity index (χ1) is 7.56. The van der Waals surface area contributed by atoms with E-state index in [1.807, 2.05) is 6.92 Å². The van der Waals surface area contributed by atoms with Crippen molar-refractivity contribution in [3.63, 3.8) is 0 Å². The second-order valence-electron chi connectivity index (χ2n) is 5.02. The van der Waals surface area contributed by atoms with E-state index in [9.17, 15) is 9.90 Å². The molecule has 0 atom stereocenters. The molecule has 4 nitrogen and oxygen atoms in total. The summed E-state index contributed by atoms with van der Waals surface area (Å²) in [6, 6.07) is -0.172. The lowest BCUT2D eigenvalue weighted by Gasteiger charge is -2.34. The molecule has 1 saturated carbocycles. The van der Waals surface area contributed by atoms with Gasteiger partial charge in [0, 0.05) is 13.1 Å². The lowest BCUT2D eigenvalue weighted by molar-refractivity contribution is -0.00387. The minimum Gasteiger partial charge on any atom is -0.388 e. The van der Waals surface area contributed by atoms with Gasteiger partial charge in [-0.15, -0.1) is 0 Å². The molecule has 0 bridgehead atoms. The summed E-state index contributed by atoms with van der Waals surface area (Å²) in [6.07, 6.45) is 4.61. The Hall–Kier alpha value is -0.770. The summed E-state index contributed by atoms with van der Waals surface area (Å²) in [6.45, 7) is 5.27. The molecule has 0 spiro atoms. The van der Waals surface area contributed by atoms with Gasteiger partial charge in [-0.3, -0.25) is 0 Å². The van der Waals surface area contributed by atoms with E-state index >= 15 is 0 Å². The quantitative estimate of drug-likeness (QED) is 0.685. The van der Waals surface area contributed by atoms with Crippen molar-refractivity contribution in [2.45, 2.75) is 51.6 Å². The average Bonchev–Trinajstić information content (AvgIpc) is 2.28. The van der Waals surface area contributed by atoms with Gasteiger partial charge in [0.15, 0.2) is 0 Å². The van der Waals surface area contributed by atoms with Gasteiger partial charge in [-0.25, -0.2) is 4.79 Å². The lowest BCUT2D eigenvalue weighted by Crippen LogP contribution is -2.48. The van der Waals surface area contributed by atoms with Crippen molar-refractivity contribution < 1.29 is 9.90 Å². The van der Waals surface area contributed by atoms with E-state index in [-0.39, 0.29) is 6.03 Å². The van der Waals surface area contributed by atoms with Gasteiger partial charge in [0.1, 0.15) is 0 Å². The van der Waals surface area contributed by atoms with Crippen molar-refractivity contribution in [1.82, 2.24) is 10.6 Å². The fourth-order valence-corrected chi connectivity index (χ4v) is 2.02. The molecule has 0 aromatic rings. The Morgan fingerprint density at radius 1 is 1.38 bits per heavy atom. The molecule has 1 rings (SSSR count). The van der Waals surface area contributed by atoms with Gasteiger partial charge in [-0.05, 0) is 38.0 Å². The molecule has 4 heteroatoms. The molecular weight excluding hydrogens is 204 g/mol. The fraction of sp³-hybridized carbons (Fsp3) is 0.917. The van der Waals surface area contributed by atoms with Gasteiger partial charge in [0.05, 0.1) is 5.60 Å². The van der Waals surface area contributed by atoms with E-state index in [1.165, 1.54) is 0 Å². The van der Waals surface area contributed by atoms with Crippen LogP contribution in [-0.4, -0.2) is 29.8 Å². The predicted molar refractivity (Wildman–Crippen MR) is 64.3 cm³/mol. The third-order valence-corrected chi connectivity index (χ3v) is 3.32. The molecule has 16 heavy (non-hydrogen) atoms. The minimum atomic E-state index is -0.684. The number of aliphatic hydroxyl groups is 1. The number of urea groups is 1. The molecule has 0 aliphatic heterocycles. The van der Waals surface area contributed by atoms with Gasteiger partial charge in [-0.1, -0.05) is 13.8 Å². The molecule has 1 aliphatic carbocycles. The van der Waals surface area contributed by atoms with E-state index in [1.54, 1.807) is 0 Å². The second kappa shape index (κ2) is 6.09. The fourth-order valence-electron chi connectivity index (χ4n) is 2.02. The van der Waals surface area contributed by atoms with Crippen LogP contribution in [0.4, 0.5) is 4.79 Å². The number of rotatable bonds is 4. The summed E-state index contributed by atoms with van der Waals surface area (Å²) in [5.74, 6) is 0.703. The number of nitrogens with one attached hydrogen (secondary N) is 2. The SMILES string of the molecule is CCCNC(=O)NCC1(O)CCC(C)CC1. The molecule has 1 aliphatic rings. The van der Waals surface area contributed by atoms with Crippen molar-refractivity contribution in [3.05, 3.63) is 0 Å². The van der Waals surface area contributed by atoms with Gasteiger partial charge in [0.2, 0.25) is 0 Å². The summed E-state index contributed by atoms with van der Waals surface area (Å²) >= 11 is 0. The summed E-state index contributed by atoms with van der Waals surface area (Å²) in [5.41, 5.74) is -0.684. The lowest BCUT2D eigenvalue weighted by atomic mass is 9.79. The van der Waals surface area contributed by atoms with E-state index < -0.39 is 5.60 Å². The summed E-state index contributed by atoms with van der Waals surface area (Å²) in [4.78, 5) is 11.3. The molecule has 94 valence electrons. The van der Waals surface area contributed by atoms with Crippen molar-refractivity contribution in [2.24, 2.45) is 5.92 Å². The highest BCUT2D eigenvalue weighted by Gasteiger charge is 2.31. The standard InChI is InChI=1S/C12H24N2O2/c1-3-8-13-11(15)14-9-12(16)6-4-10(2)5-7-12/h10,16H,3-9H2,1-2H3,(H2,13,14,15). The maximum Gasteiger partial charge on any atom is 0.314 e. The third kappa shape index (κ3) is 4.39. The number of carbonyl (C=O) groups is 1. The zero-order valence-electron chi connectivity index (χ0n) is 10.4. The van der Waals surface area contributed by atoms with Crippen LogP contribution in [0.3, 0.4) is 0 Å². The Kier molecular flexibility index (Phi) is 5.06. The molecular formula is C12H24N2O2. The highest BCUT2D eigenvalue weighted by molar-refractivity contribution is 5.73. The average molecular weight is 228 g/mol. The Bertz CT molecular complexity index is 223. The van der Waals surface area contributed by atoms with Crippen LogP contribution in [0.5, 0.6) is 0 Å². The number of hydrogen-bond donors (Lipinski definition) is 3. The highest BCUT2D eigenvalue weighted by atomic mass is 16.3. The van der Waals surface area contributed by atoms with Crippen LogP contribution in [0.2, 0.25) is 0 Å². The van der Waals surface area contributed by atoms with Crippen molar-refractivity contribution >= 4 is 6.03 Å². The van der Waals surface area contributed by atoms with Crippen molar-refractivity contribution in [3.8, 4) is 0 Å². The summed E-state index contributed by atoms with van der Waals surface area (Å²) in [5, 5.41) is 15.7. The van der Waals surface area contributed by atoms with Crippen LogP contribution in [0.25, 0.3) is 0 Å². The second-order valence-corrected chi connectivity index (χ2v) is 5.02. The largest absolute Gasteiger partial charge is 0.388 e. The molecule has 0 unspecified atom stereocenters. The molecule has 0 heterocycles. The van der Waals surface area contributed by atoms with E-state index in [4.69, 9.17) is 0 Å². The van der Waals surface area contributed by atoms with Gasteiger partial charge in [-0.2, -0.15) is 0 Å². The third-order valence-electron chi connectivity index (χ3n) is 3.32. The van der Waals surface area contributed by atoms with Crippen LogP contribution in [0.1, 0.15) is 46.0 Å². The Balaban J connectivity index is 2.23. The molecule has 0 radical (unpaired) electrons. The summed E-state index contributed by atoms with van der Waals surface area (Å²) in [7, 11) is 0. The van der Waals surface area contributed by atoms with Gasteiger partial charge >= 0.3 is 6.03 Å². The smallest absolute Gasteiger partial charge is 0.314 e. The minimum absolute atomic E-state index is 0.172. The van der Waals surface area contributed by atoms with Gasteiger partial charge in [0.25, 0.3) is 0 Å². The van der Waals surface area contributed by atoms with Crippen LogP contribution < -0.4 is 10.6 Å². The molecule has 0 aromatic heterocycles. The zero-order chi connectivity index (χ0) is 12.0. The Labute approximate surface area is 97.8 Å². The molecule has 1 fully saturated rings. The van der Waals surface area contributed by atoms with Crippen LogP contribution >= 0.6 is 0 Å². The van der Waals surface area contributed by atoms with Crippen molar-refractivity contribution in [1.29, 1.82) is 0 Å². The van der Waals surface area contributed by atoms with E-state index in [0.29, 0.717) is 19.0 Å². The van der Waals surface area contributed by atoms with Crippen LogP contribution in [0.15, 0.2) is 0 Å².